The van der Waals surface area contributed by atoms with Crippen LogP contribution in [0.2, 0.25) is 0 Å². The molecule has 12 heteroatoms. The largest absolute Gasteiger partial charge is 0.417 e. The maximum Gasteiger partial charge on any atom is 0.417 e. The molecule has 3 heterocycles. The van der Waals surface area contributed by atoms with Crippen LogP contribution in [0.25, 0.3) is 22.5 Å². The van der Waals surface area contributed by atoms with Gasteiger partial charge in [-0.25, -0.2) is 14.4 Å². The van der Waals surface area contributed by atoms with Gasteiger partial charge >= 0.3 is 6.18 Å². The average molecular weight is 524 g/mol. The highest BCUT2D eigenvalue weighted by Crippen LogP contribution is 2.38. The van der Waals surface area contributed by atoms with E-state index < -0.39 is 40.5 Å². The van der Waals surface area contributed by atoms with Crippen molar-refractivity contribution in [2.75, 3.05) is 11.9 Å². The van der Waals surface area contributed by atoms with E-state index >= 15 is 0 Å². The van der Waals surface area contributed by atoms with Gasteiger partial charge in [-0.3, -0.25) is 14.3 Å². The molecule has 8 nitrogen and oxygen atoms in total. The molecule has 1 aliphatic heterocycles. The molecule has 0 unspecified atom stereocenters. The number of halogens is 4. The number of hydrogen-bond donors (Lipinski definition) is 2. The standard InChI is InChI=1S/C26H20F4N6O2/c1-36-10-8-20(35-36)16-11-17(19(27)12-18(16)26(28,29)30)25(38)33-21-13-32-23(15-7-9-31-24(15)37)34-22(21)14-5-3-2-4-6-14/h2-6,8,10-13,15H,7,9H2,1H3,(H,31,37)(H,33,38)/t15-/m0/s1. The summed E-state index contributed by atoms with van der Waals surface area (Å²) in [7, 11) is 1.53. The van der Waals surface area contributed by atoms with E-state index in [2.05, 4.69) is 25.7 Å². The molecule has 38 heavy (non-hydrogen) atoms. The molecule has 0 aliphatic carbocycles. The number of alkyl halides is 3. The third kappa shape index (κ3) is 4.84. The normalized spacial score (nSPS) is 15.4. The second kappa shape index (κ2) is 9.69. The van der Waals surface area contributed by atoms with Gasteiger partial charge in [0.1, 0.15) is 11.6 Å². The van der Waals surface area contributed by atoms with Gasteiger partial charge in [-0.1, -0.05) is 30.3 Å². The predicted octanol–water partition coefficient (Wildman–Crippen LogP) is 4.56. The molecule has 2 N–H and O–H groups in total. The first-order chi connectivity index (χ1) is 18.1. The fourth-order valence-electron chi connectivity index (χ4n) is 4.25. The van der Waals surface area contributed by atoms with Crippen LogP contribution in [0.1, 0.15) is 34.1 Å². The van der Waals surface area contributed by atoms with Gasteiger partial charge in [-0.2, -0.15) is 18.3 Å². The molecule has 0 bridgehead atoms. The van der Waals surface area contributed by atoms with E-state index in [1.165, 1.54) is 30.2 Å². The number of aromatic nitrogens is 4. The molecule has 1 saturated heterocycles. The number of carbonyl (C=O) groups excluding carboxylic acids is 2. The van der Waals surface area contributed by atoms with Gasteiger partial charge in [-0.05, 0) is 24.6 Å². The van der Waals surface area contributed by atoms with Crippen LogP contribution in [0.4, 0.5) is 23.2 Å². The van der Waals surface area contributed by atoms with E-state index in [1.54, 1.807) is 30.3 Å². The molecule has 0 saturated carbocycles. The van der Waals surface area contributed by atoms with Crippen molar-refractivity contribution in [3.63, 3.8) is 0 Å². The van der Waals surface area contributed by atoms with Crippen molar-refractivity contribution in [3.8, 4) is 22.5 Å². The molecular formula is C26H20F4N6O2. The molecule has 4 aromatic rings. The summed E-state index contributed by atoms with van der Waals surface area (Å²) in [6, 6.07) is 11.2. The number of benzene rings is 2. The lowest BCUT2D eigenvalue weighted by Gasteiger charge is -2.16. The number of anilines is 1. The Morgan fingerprint density at radius 3 is 2.55 bits per heavy atom. The van der Waals surface area contributed by atoms with Gasteiger partial charge in [0.2, 0.25) is 5.91 Å². The van der Waals surface area contributed by atoms with Crippen molar-refractivity contribution in [3.05, 3.63) is 83.7 Å². The highest BCUT2D eigenvalue weighted by atomic mass is 19.4. The van der Waals surface area contributed by atoms with Crippen LogP contribution in [0, 0.1) is 5.82 Å². The highest BCUT2D eigenvalue weighted by molar-refractivity contribution is 6.06. The van der Waals surface area contributed by atoms with E-state index in [1.807, 2.05) is 0 Å². The van der Waals surface area contributed by atoms with Gasteiger partial charge < -0.3 is 10.6 Å². The van der Waals surface area contributed by atoms with E-state index in [0.717, 1.165) is 6.07 Å². The SMILES string of the molecule is Cn1ccc(-c2cc(C(=O)Nc3cnc([C@@H]4CCNC4=O)nc3-c3ccccc3)c(F)cc2C(F)(F)F)n1. The third-order valence-electron chi connectivity index (χ3n) is 6.11. The topological polar surface area (TPSA) is 102 Å². The summed E-state index contributed by atoms with van der Waals surface area (Å²) in [4.78, 5) is 34.1. The lowest BCUT2D eigenvalue weighted by molar-refractivity contribution is -0.137. The van der Waals surface area contributed by atoms with Crippen LogP contribution in [0.3, 0.4) is 0 Å². The monoisotopic (exact) mass is 524 g/mol. The molecule has 1 atom stereocenters. The van der Waals surface area contributed by atoms with Gasteiger partial charge in [0.15, 0.2) is 0 Å². The van der Waals surface area contributed by atoms with E-state index in [0.29, 0.717) is 18.5 Å². The number of hydrogen-bond acceptors (Lipinski definition) is 5. The number of nitrogens with one attached hydrogen (secondary N) is 2. The Hall–Kier alpha value is -4.61. The Bertz CT molecular complexity index is 1530. The molecular weight excluding hydrogens is 504 g/mol. The van der Waals surface area contributed by atoms with E-state index in [4.69, 9.17) is 0 Å². The zero-order valence-electron chi connectivity index (χ0n) is 19.9. The minimum absolute atomic E-state index is 0.0682. The fraction of sp³-hybridized carbons (Fsp3) is 0.192. The van der Waals surface area contributed by atoms with Crippen molar-refractivity contribution in [2.24, 2.45) is 7.05 Å². The summed E-state index contributed by atoms with van der Waals surface area (Å²) in [5.74, 6) is -2.86. The second-order valence-corrected chi connectivity index (χ2v) is 8.69. The minimum atomic E-state index is -4.88. The van der Waals surface area contributed by atoms with Crippen LogP contribution in [-0.4, -0.2) is 38.1 Å². The number of carbonyl (C=O) groups is 2. The number of aryl methyl sites for hydroxylation is 1. The molecule has 0 spiro atoms. The lowest BCUT2D eigenvalue weighted by Crippen LogP contribution is -2.20. The summed E-state index contributed by atoms with van der Waals surface area (Å²) < 4.78 is 57.3. The van der Waals surface area contributed by atoms with Crippen molar-refractivity contribution in [2.45, 2.75) is 18.5 Å². The molecule has 2 amide bonds. The number of rotatable bonds is 5. The van der Waals surface area contributed by atoms with Crippen LogP contribution in [0.5, 0.6) is 0 Å². The molecule has 1 fully saturated rings. The zero-order valence-corrected chi connectivity index (χ0v) is 19.9. The number of nitrogens with zero attached hydrogens (tertiary/aromatic N) is 4. The molecule has 5 rings (SSSR count). The van der Waals surface area contributed by atoms with Gasteiger partial charge in [0, 0.05) is 30.9 Å². The smallest absolute Gasteiger partial charge is 0.355 e. The number of amides is 2. The third-order valence-corrected chi connectivity index (χ3v) is 6.11. The highest BCUT2D eigenvalue weighted by Gasteiger charge is 2.36. The Kier molecular flexibility index (Phi) is 6.39. The van der Waals surface area contributed by atoms with Crippen molar-refractivity contribution in [1.82, 2.24) is 25.1 Å². The molecule has 1 aliphatic rings. The Labute approximate surface area is 213 Å². The average Bonchev–Trinajstić information content (AvgIpc) is 3.52. The molecule has 2 aromatic heterocycles. The van der Waals surface area contributed by atoms with E-state index in [9.17, 15) is 27.2 Å². The maximum absolute atomic E-state index is 14.9. The van der Waals surface area contributed by atoms with Crippen LogP contribution in [0.15, 0.2) is 60.9 Å². The van der Waals surface area contributed by atoms with Crippen molar-refractivity contribution in [1.29, 1.82) is 0 Å². The van der Waals surface area contributed by atoms with Gasteiger partial charge in [0.25, 0.3) is 5.91 Å². The Balaban J connectivity index is 1.56. The fourth-order valence-corrected chi connectivity index (χ4v) is 4.25. The van der Waals surface area contributed by atoms with Gasteiger partial charge in [-0.15, -0.1) is 0 Å². The predicted molar refractivity (Wildman–Crippen MR) is 129 cm³/mol. The first-order valence-electron chi connectivity index (χ1n) is 11.5. The molecule has 2 aromatic carbocycles. The molecule has 0 radical (unpaired) electrons. The first-order valence-corrected chi connectivity index (χ1v) is 11.5. The van der Waals surface area contributed by atoms with E-state index in [-0.39, 0.29) is 34.9 Å². The van der Waals surface area contributed by atoms with Crippen molar-refractivity contribution < 1.29 is 27.2 Å². The van der Waals surface area contributed by atoms with Crippen LogP contribution >= 0.6 is 0 Å². The maximum atomic E-state index is 14.9. The van der Waals surface area contributed by atoms with Crippen molar-refractivity contribution >= 4 is 17.5 Å². The zero-order chi connectivity index (χ0) is 27.0. The molecule has 194 valence electrons. The second-order valence-electron chi connectivity index (χ2n) is 8.69. The van der Waals surface area contributed by atoms with Gasteiger partial charge in [0.05, 0.1) is 40.3 Å². The summed E-state index contributed by atoms with van der Waals surface area (Å²) in [5, 5.41) is 9.23. The van der Waals surface area contributed by atoms with Crippen LogP contribution in [-0.2, 0) is 18.0 Å². The Morgan fingerprint density at radius 2 is 1.92 bits per heavy atom. The summed E-state index contributed by atoms with van der Waals surface area (Å²) in [5.41, 5.74) is -1.40. The first kappa shape index (κ1) is 25.1. The minimum Gasteiger partial charge on any atom is -0.355 e. The summed E-state index contributed by atoms with van der Waals surface area (Å²) in [6.45, 7) is 0.484. The van der Waals surface area contributed by atoms with Crippen LogP contribution < -0.4 is 10.6 Å². The summed E-state index contributed by atoms with van der Waals surface area (Å²) in [6.07, 6.45) is -1.63. The quantitative estimate of drug-likeness (QED) is 0.373. The lowest BCUT2D eigenvalue weighted by atomic mass is 9.99. The summed E-state index contributed by atoms with van der Waals surface area (Å²) >= 11 is 0. The Morgan fingerprint density at radius 1 is 1.16 bits per heavy atom.